The number of benzene rings is 1. The number of nitrogen functional groups attached to an aromatic ring is 1. The molecule has 2 aliphatic heterocycles. The van der Waals surface area contributed by atoms with Crippen LogP contribution in [0.1, 0.15) is 45.9 Å². The van der Waals surface area contributed by atoms with Gasteiger partial charge in [0.2, 0.25) is 0 Å². The number of nitrogens with zero attached hydrogens (tertiary/aromatic N) is 5. The summed E-state index contributed by atoms with van der Waals surface area (Å²) in [4.78, 5) is 27.6. The Morgan fingerprint density at radius 2 is 1.90 bits per heavy atom. The van der Waals surface area contributed by atoms with E-state index in [0.29, 0.717) is 36.4 Å². The van der Waals surface area contributed by atoms with Crippen LogP contribution in [0.15, 0.2) is 36.9 Å². The molecule has 5 rings (SSSR count). The van der Waals surface area contributed by atoms with Crippen LogP contribution in [0.25, 0.3) is 11.2 Å². The number of anilines is 2. The minimum Gasteiger partial charge on any atom is -0.386 e. The SMILES string of the molecule is CC1O[C@H]2[C@@H](O)[C@H](n3cnc4c(N)ncnc43)O[C@@H]2CN(C)CC[C@H]1NC(=O)Nc1ccc(C(C)(C)C)cc1. The number of imidazole rings is 1. The maximum absolute atomic E-state index is 12.9. The maximum atomic E-state index is 12.9. The standard InChI is InChI=1S/C27H38N8O4/c1-15-18(33-26(37)32-17-8-6-16(7-9-17)27(2,3)4)10-11-34(5)12-19-22(38-15)21(36)25(39-19)35-14-31-20-23(28)29-13-30-24(20)35/h6-9,13-15,18-19,21-22,25,36H,10-12H2,1-5H3,(H2,28,29,30)(H2,32,33,37)/t15?,18-,19-,21-,22-,25-/m1/s1. The third kappa shape index (κ3) is 5.69. The number of hydrogen-bond donors (Lipinski definition) is 4. The van der Waals surface area contributed by atoms with Gasteiger partial charge in [-0.3, -0.25) is 4.57 Å². The van der Waals surface area contributed by atoms with E-state index in [-0.39, 0.29) is 29.4 Å². The third-order valence-electron chi connectivity index (χ3n) is 7.55. The molecular formula is C27H38N8O4. The molecule has 1 unspecified atom stereocenters. The lowest BCUT2D eigenvalue weighted by molar-refractivity contribution is -0.0805. The van der Waals surface area contributed by atoms with Crippen molar-refractivity contribution in [1.82, 2.24) is 29.7 Å². The van der Waals surface area contributed by atoms with E-state index in [1.54, 1.807) is 10.9 Å². The molecule has 6 atom stereocenters. The third-order valence-corrected chi connectivity index (χ3v) is 7.55. The quantitative estimate of drug-likeness (QED) is 0.393. The summed E-state index contributed by atoms with van der Waals surface area (Å²) in [6.45, 7) is 9.62. The van der Waals surface area contributed by atoms with E-state index in [1.165, 1.54) is 11.9 Å². The van der Waals surface area contributed by atoms with Crippen molar-refractivity contribution in [3.05, 3.63) is 42.5 Å². The number of likely N-dealkylation sites (N-methyl/N-ethyl adjacent to an activating group) is 1. The number of nitrogens with two attached hydrogens (primary N) is 1. The molecule has 12 heteroatoms. The summed E-state index contributed by atoms with van der Waals surface area (Å²) < 4.78 is 14.4. The molecule has 1 aromatic carbocycles. The van der Waals surface area contributed by atoms with Crippen molar-refractivity contribution in [3.8, 4) is 0 Å². The highest BCUT2D eigenvalue weighted by molar-refractivity contribution is 5.89. The zero-order chi connectivity index (χ0) is 27.9. The number of nitrogens with one attached hydrogen (secondary N) is 2. The first-order chi connectivity index (χ1) is 18.5. The Morgan fingerprint density at radius 3 is 2.62 bits per heavy atom. The number of aliphatic hydroxyl groups excluding tert-OH is 1. The smallest absolute Gasteiger partial charge is 0.319 e. The first kappa shape index (κ1) is 27.3. The highest BCUT2D eigenvalue weighted by atomic mass is 16.6. The predicted octanol–water partition coefficient (Wildman–Crippen LogP) is 2.26. The highest BCUT2D eigenvalue weighted by Gasteiger charge is 2.48. The maximum Gasteiger partial charge on any atom is 0.319 e. The predicted molar refractivity (Wildman–Crippen MR) is 147 cm³/mol. The average molecular weight is 539 g/mol. The van der Waals surface area contributed by atoms with E-state index in [9.17, 15) is 9.90 Å². The van der Waals surface area contributed by atoms with Crippen LogP contribution in [0.5, 0.6) is 0 Å². The lowest BCUT2D eigenvalue weighted by atomic mass is 9.87. The van der Waals surface area contributed by atoms with Crippen molar-refractivity contribution >= 4 is 28.7 Å². The zero-order valence-electron chi connectivity index (χ0n) is 23.0. The van der Waals surface area contributed by atoms with Crippen LogP contribution in [0.2, 0.25) is 0 Å². The van der Waals surface area contributed by atoms with Crippen LogP contribution in [-0.2, 0) is 14.9 Å². The minimum absolute atomic E-state index is 0.0361. The van der Waals surface area contributed by atoms with Gasteiger partial charge in [0.1, 0.15) is 30.2 Å². The van der Waals surface area contributed by atoms with Crippen molar-refractivity contribution in [2.24, 2.45) is 0 Å². The number of fused-ring (bicyclic) bond motifs is 2. The van der Waals surface area contributed by atoms with Gasteiger partial charge >= 0.3 is 6.03 Å². The molecule has 4 heterocycles. The summed E-state index contributed by atoms with van der Waals surface area (Å²) in [5.74, 6) is 0.260. The van der Waals surface area contributed by atoms with E-state index in [1.807, 2.05) is 38.2 Å². The van der Waals surface area contributed by atoms with E-state index < -0.39 is 24.5 Å². The van der Waals surface area contributed by atoms with Crippen LogP contribution < -0.4 is 16.4 Å². The Bertz CT molecular complexity index is 1310. The average Bonchev–Trinajstić information content (AvgIpc) is 3.44. The highest BCUT2D eigenvalue weighted by Crippen LogP contribution is 2.35. The van der Waals surface area contributed by atoms with Gasteiger partial charge in [0, 0.05) is 12.2 Å². The van der Waals surface area contributed by atoms with Crippen molar-refractivity contribution in [2.75, 3.05) is 31.2 Å². The van der Waals surface area contributed by atoms with Gasteiger partial charge in [0.15, 0.2) is 17.7 Å². The van der Waals surface area contributed by atoms with Gasteiger partial charge in [0.05, 0.1) is 18.5 Å². The fourth-order valence-electron chi connectivity index (χ4n) is 5.23. The lowest BCUT2D eigenvalue weighted by Crippen LogP contribution is -2.48. The zero-order valence-corrected chi connectivity index (χ0v) is 23.0. The molecule has 2 aromatic heterocycles. The molecule has 39 heavy (non-hydrogen) atoms. The van der Waals surface area contributed by atoms with Crippen LogP contribution in [0.3, 0.4) is 0 Å². The normalized spacial score (nSPS) is 28.4. The summed E-state index contributed by atoms with van der Waals surface area (Å²) in [6, 6.07) is 7.28. The first-order valence-corrected chi connectivity index (χ1v) is 13.3. The summed E-state index contributed by atoms with van der Waals surface area (Å²) >= 11 is 0. The summed E-state index contributed by atoms with van der Waals surface area (Å²) in [6.07, 6.45) is 0.422. The van der Waals surface area contributed by atoms with Crippen molar-refractivity contribution in [3.63, 3.8) is 0 Å². The number of rotatable bonds is 3. The number of carbonyl (C=O) groups excluding carboxylic acids is 1. The topological polar surface area (TPSA) is 153 Å². The van der Waals surface area contributed by atoms with Gasteiger partial charge in [-0.05, 0) is 50.0 Å². The summed E-state index contributed by atoms with van der Waals surface area (Å²) in [7, 11) is 1.99. The molecule has 5 N–H and O–H groups in total. The number of aromatic nitrogens is 4. The Kier molecular flexibility index (Phi) is 7.47. The van der Waals surface area contributed by atoms with E-state index in [0.717, 1.165) is 0 Å². The Hall–Kier alpha value is -3.32. The van der Waals surface area contributed by atoms with Crippen LogP contribution in [-0.4, -0.2) is 86.2 Å². The molecule has 0 saturated carbocycles. The lowest BCUT2D eigenvalue weighted by Gasteiger charge is -2.29. The summed E-state index contributed by atoms with van der Waals surface area (Å²) in [5.41, 5.74) is 8.81. The molecular weight excluding hydrogens is 500 g/mol. The molecule has 2 amide bonds. The van der Waals surface area contributed by atoms with Gasteiger partial charge < -0.3 is 35.8 Å². The number of amides is 2. The second-order valence-electron chi connectivity index (χ2n) is 11.5. The minimum atomic E-state index is -0.992. The molecule has 0 bridgehead atoms. The monoisotopic (exact) mass is 538 g/mol. The van der Waals surface area contributed by atoms with Gasteiger partial charge in [-0.2, -0.15) is 0 Å². The van der Waals surface area contributed by atoms with Crippen LogP contribution >= 0.6 is 0 Å². The van der Waals surface area contributed by atoms with Crippen LogP contribution in [0, 0.1) is 0 Å². The van der Waals surface area contributed by atoms with Crippen LogP contribution in [0.4, 0.5) is 16.3 Å². The second kappa shape index (κ2) is 10.7. The molecule has 2 fully saturated rings. The van der Waals surface area contributed by atoms with Crippen molar-refractivity contribution < 1.29 is 19.4 Å². The Labute approximate surface area is 227 Å². The van der Waals surface area contributed by atoms with Gasteiger partial charge in [-0.15, -0.1) is 0 Å². The molecule has 2 aliphatic rings. The number of urea groups is 1. The Balaban J connectivity index is 1.28. The van der Waals surface area contributed by atoms with E-state index >= 15 is 0 Å². The Morgan fingerprint density at radius 1 is 1.15 bits per heavy atom. The van der Waals surface area contributed by atoms with Gasteiger partial charge in [0.25, 0.3) is 0 Å². The van der Waals surface area contributed by atoms with Gasteiger partial charge in [-0.1, -0.05) is 32.9 Å². The molecule has 3 aromatic rings. The van der Waals surface area contributed by atoms with E-state index in [4.69, 9.17) is 15.2 Å². The fourth-order valence-corrected chi connectivity index (χ4v) is 5.23. The number of hydrogen-bond acceptors (Lipinski definition) is 9. The molecule has 0 aliphatic carbocycles. The number of carbonyl (C=O) groups is 1. The number of ether oxygens (including phenoxy) is 2. The number of aliphatic hydroxyl groups is 1. The molecule has 210 valence electrons. The summed E-state index contributed by atoms with van der Waals surface area (Å²) in [5, 5.41) is 17.3. The molecule has 0 radical (unpaired) electrons. The first-order valence-electron chi connectivity index (χ1n) is 13.3. The second-order valence-corrected chi connectivity index (χ2v) is 11.5. The van der Waals surface area contributed by atoms with Crippen molar-refractivity contribution in [1.29, 1.82) is 0 Å². The van der Waals surface area contributed by atoms with Crippen molar-refractivity contribution in [2.45, 2.75) is 76.2 Å². The van der Waals surface area contributed by atoms with Gasteiger partial charge in [-0.25, -0.2) is 19.7 Å². The van der Waals surface area contributed by atoms with E-state index in [2.05, 4.69) is 51.3 Å². The fraction of sp³-hybridized carbons (Fsp3) is 0.556. The molecule has 2 saturated heterocycles. The largest absolute Gasteiger partial charge is 0.386 e. The molecule has 0 spiro atoms. The molecule has 12 nitrogen and oxygen atoms in total.